The molecule has 0 saturated heterocycles. The van der Waals surface area contributed by atoms with Crippen LogP contribution in [0.2, 0.25) is 0 Å². The molecule has 0 radical (unpaired) electrons. The fraction of sp³-hybridized carbons (Fsp3) is 0.300. The number of benzene rings is 1. The minimum Gasteiger partial charge on any atom is -0.481 e. The number of aliphatic carboxylic acids is 1. The fourth-order valence-corrected chi connectivity index (χ4v) is 3.05. The molecule has 0 amide bonds. The molecular formula is C10H10BrNO5S. The summed E-state index contributed by atoms with van der Waals surface area (Å²) >= 11 is 3.17. The van der Waals surface area contributed by atoms with Gasteiger partial charge in [-0.15, -0.1) is 0 Å². The van der Waals surface area contributed by atoms with Gasteiger partial charge in [0.15, 0.2) is 0 Å². The predicted molar refractivity (Wildman–Crippen MR) is 69.8 cm³/mol. The number of nitro groups is 1. The maximum Gasteiger partial charge on any atom is 0.304 e. The van der Waals surface area contributed by atoms with Crippen LogP contribution < -0.4 is 0 Å². The van der Waals surface area contributed by atoms with Crippen molar-refractivity contribution in [1.29, 1.82) is 0 Å². The van der Waals surface area contributed by atoms with Crippen LogP contribution in [0.15, 0.2) is 22.7 Å². The van der Waals surface area contributed by atoms with Crippen molar-refractivity contribution in [2.24, 2.45) is 0 Å². The van der Waals surface area contributed by atoms with Crippen LogP contribution in [-0.2, 0) is 21.3 Å². The van der Waals surface area contributed by atoms with E-state index in [4.69, 9.17) is 5.11 Å². The molecule has 0 aromatic heterocycles. The SMILES string of the molecule is O=C(O)CCS(=O)Cc1ccc([N+](=O)[O-])cc1Br. The van der Waals surface area contributed by atoms with E-state index in [1.807, 2.05) is 0 Å². The van der Waals surface area contributed by atoms with Gasteiger partial charge in [-0.25, -0.2) is 0 Å². The topological polar surface area (TPSA) is 97.5 Å². The largest absolute Gasteiger partial charge is 0.481 e. The van der Waals surface area contributed by atoms with E-state index in [1.54, 1.807) is 0 Å². The number of non-ortho nitro benzene ring substituents is 1. The van der Waals surface area contributed by atoms with Gasteiger partial charge >= 0.3 is 5.97 Å². The molecule has 1 atom stereocenters. The highest BCUT2D eigenvalue weighted by atomic mass is 79.9. The number of nitrogens with zero attached hydrogens (tertiary/aromatic N) is 1. The number of nitro benzene ring substituents is 1. The summed E-state index contributed by atoms with van der Waals surface area (Å²) < 4.78 is 12.1. The van der Waals surface area contributed by atoms with Gasteiger partial charge in [0.05, 0.1) is 11.3 Å². The molecule has 0 aliphatic rings. The zero-order valence-electron chi connectivity index (χ0n) is 9.17. The van der Waals surface area contributed by atoms with Gasteiger partial charge < -0.3 is 5.11 Å². The van der Waals surface area contributed by atoms with Crippen molar-refractivity contribution in [1.82, 2.24) is 0 Å². The smallest absolute Gasteiger partial charge is 0.304 e. The zero-order valence-corrected chi connectivity index (χ0v) is 11.6. The first-order chi connectivity index (χ1) is 8.40. The highest BCUT2D eigenvalue weighted by Gasteiger charge is 2.12. The number of halogens is 1. The molecule has 0 fully saturated rings. The van der Waals surface area contributed by atoms with Crippen molar-refractivity contribution in [3.63, 3.8) is 0 Å². The molecule has 1 aromatic carbocycles. The fourth-order valence-electron chi connectivity index (χ4n) is 1.21. The molecule has 18 heavy (non-hydrogen) atoms. The van der Waals surface area contributed by atoms with Crippen LogP contribution in [0.1, 0.15) is 12.0 Å². The molecule has 1 unspecified atom stereocenters. The van der Waals surface area contributed by atoms with Gasteiger partial charge in [-0.2, -0.15) is 0 Å². The average molecular weight is 336 g/mol. The van der Waals surface area contributed by atoms with Gasteiger partial charge in [0.1, 0.15) is 0 Å². The van der Waals surface area contributed by atoms with Crippen molar-refractivity contribution in [3.8, 4) is 0 Å². The molecule has 0 aliphatic heterocycles. The number of carboxylic acids is 1. The summed E-state index contributed by atoms with van der Waals surface area (Å²) in [6, 6.07) is 4.18. The van der Waals surface area contributed by atoms with E-state index in [0.29, 0.717) is 10.0 Å². The Balaban J connectivity index is 2.70. The van der Waals surface area contributed by atoms with E-state index in [9.17, 15) is 19.1 Å². The van der Waals surface area contributed by atoms with Gasteiger partial charge in [0, 0.05) is 38.9 Å². The lowest BCUT2D eigenvalue weighted by molar-refractivity contribution is -0.384. The molecular weight excluding hydrogens is 326 g/mol. The molecule has 0 heterocycles. The van der Waals surface area contributed by atoms with Crippen LogP contribution >= 0.6 is 15.9 Å². The van der Waals surface area contributed by atoms with E-state index < -0.39 is 21.7 Å². The monoisotopic (exact) mass is 335 g/mol. The van der Waals surface area contributed by atoms with Gasteiger partial charge in [0.2, 0.25) is 0 Å². The molecule has 98 valence electrons. The Morgan fingerprint density at radius 3 is 2.67 bits per heavy atom. The van der Waals surface area contributed by atoms with E-state index in [-0.39, 0.29) is 23.6 Å². The Hall–Kier alpha value is -1.28. The second kappa shape index (κ2) is 6.60. The number of hydrogen-bond donors (Lipinski definition) is 1. The summed E-state index contributed by atoms with van der Waals surface area (Å²) in [5.41, 5.74) is 0.603. The lowest BCUT2D eigenvalue weighted by Gasteiger charge is -2.04. The van der Waals surface area contributed by atoms with Gasteiger partial charge in [0.25, 0.3) is 5.69 Å². The summed E-state index contributed by atoms with van der Waals surface area (Å²) in [7, 11) is -1.30. The van der Waals surface area contributed by atoms with E-state index in [1.165, 1.54) is 18.2 Å². The van der Waals surface area contributed by atoms with Crippen molar-refractivity contribution in [3.05, 3.63) is 38.3 Å². The minimum atomic E-state index is -1.30. The van der Waals surface area contributed by atoms with Crippen LogP contribution in [0.3, 0.4) is 0 Å². The van der Waals surface area contributed by atoms with Crippen molar-refractivity contribution in [2.75, 3.05) is 5.75 Å². The summed E-state index contributed by atoms with van der Waals surface area (Å²) in [5.74, 6) is -0.754. The number of carboxylic acid groups (broad SMARTS) is 1. The Kier molecular flexibility index (Phi) is 5.42. The number of rotatable bonds is 6. The van der Waals surface area contributed by atoms with Crippen LogP contribution in [0, 0.1) is 10.1 Å². The quantitative estimate of drug-likeness (QED) is 0.634. The first-order valence-corrected chi connectivity index (χ1v) is 7.18. The molecule has 0 saturated carbocycles. The van der Waals surface area contributed by atoms with E-state index >= 15 is 0 Å². The van der Waals surface area contributed by atoms with Crippen LogP contribution in [0.5, 0.6) is 0 Å². The van der Waals surface area contributed by atoms with E-state index in [2.05, 4.69) is 15.9 Å². The second-order valence-corrected chi connectivity index (χ2v) is 5.90. The molecule has 1 aromatic rings. The Morgan fingerprint density at radius 2 is 2.17 bits per heavy atom. The highest BCUT2D eigenvalue weighted by Crippen LogP contribution is 2.24. The van der Waals surface area contributed by atoms with Crippen molar-refractivity contribution < 1.29 is 19.0 Å². The van der Waals surface area contributed by atoms with Crippen LogP contribution in [0.25, 0.3) is 0 Å². The third-order valence-corrected chi connectivity index (χ3v) is 4.14. The summed E-state index contributed by atoms with van der Waals surface area (Å²) in [6.07, 6.45) is -0.156. The molecule has 0 bridgehead atoms. The van der Waals surface area contributed by atoms with E-state index in [0.717, 1.165) is 0 Å². The first-order valence-electron chi connectivity index (χ1n) is 4.89. The van der Waals surface area contributed by atoms with Gasteiger partial charge in [-0.3, -0.25) is 19.1 Å². The summed E-state index contributed by atoms with van der Waals surface area (Å²) in [5, 5.41) is 19.0. The molecule has 1 rings (SSSR count). The minimum absolute atomic E-state index is 0.0538. The third-order valence-electron chi connectivity index (χ3n) is 2.11. The summed E-state index contributed by atoms with van der Waals surface area (Å²) in [4.78, 5) is 20.3. The van der Waals surface area contributed by atoms with Crippen molar-refractivity contribution >= 4 is 38.4 Å². The molecule has 0 spiro atoms. The predicted octanol–water partition coefficient (Wildman–Crippen LogP) is 2.08. The van der Waals surface area contributed by atoms with Crippen LogP contribution in [-0.4, -0.2) is 26.0 Å². The van der Waals surface area contributed by atoms with Gasteiger partial charge in [-0.05, 0) is 5.56 Å². The molecule has 1 N–H and O–H groups in total. The Morgan fingerprint density at radius 1 is 1.50 bits per heavy atom. The molecule has 8 heteroatoms. The van der Waals surface area contributed by atoms with Crippen molar-refractivity contribution in [2.45, 2.75) is 12.2 Å². The highest BCUT2D eigenvalue weighted by molar-refractivity contribution is 9.10. The second-order valence-electron chi connectivity index (χ2n) is 3.46. The third kappa shape index (κ3) is 4.53. The molecule has 6 nitrogen and oxygen atoms in total. The number of carbonyl (C=O) groups is 1. The standard InChI is InChI=1S/C10H10BrNO5S/c11-9-5-8(12(15)16)2-1-7(9)6-18(17)4-3-10(13)14/h1-2,5H,3-4,6H2,(H,13,14). The normalized spacial score (nSPS) is 12.1. The first kappa shape index (κ1) is 14.8. The summed E-state index contributed by atoms with van der Waals surface area (Å²) in [6.45, 7) is 0. The lowest BCUT2D eigenvalue weighted by atomic mass is 10.2. The number of hydrogen-bond acceptors (Lipinski definition) is 4. The van der Waals surface area contributed by atoms with Crippen LogP contribution in [0.4, 0.5) is 5.69 Å². The zero-order chi connectivity index (χ0) is 13.7. The Labute approximate surface area is 114 Å². The maximum atomic E-state index is 11.6. The maximum absolute atomic E-state index is 11.6. The van der Waals surface area contributed by atoms with Gasteiger partial charge in [-0.1, -0.05) is 22.0 Å². The molecule has 0 aliphatic carbocycles. The lowest BCUT2D eigenvalue weighted by Crippen LogP contribution is -2.06. The average Bonchev–Trinajstić information content (AvgIpc) is 2.29. The Bertz CT molecular complexity index is 505.